The lowest BCUT2D eigenvalue weighted by molar-refractivity contribution is -0.384. The highest BCUT2D eigenvalue weighted by atomic mass is 16.6. The van der Waals surface area contributed by atoms with Crippen molar-refractivity contribution in [1.82, 2.24) is 0 Å². The number of rotatable bonds is 4. The fourth-order valence-electron chi connectivity index (χ4n) is 5.09. The summed E-state index contributed by atoms with van der Waals surface area (Å²) < 4.78 is 0. The van der Waals surface area contributed by atoms with Crippen molar-refractivity contribution in [1.29, 1.82) is 0 Å². The van der Waals surface area contributed by atoms with Crippen molar-refractivity contribution < 1.29 is 9.72 Å². The van der Waals surface area contributed by atoms with Gasteiger partial charge in [0.15, 0.2) is 0 Å². The molecule has 5 heteroatoms. The molecule has 1 aliphatic heterocycles. The van der Waals surface area contributed by atoms with Crippen LogP contribution >= 0.6 is 0 Å². The van der Waals surface area contributed by atoms with Crippen molar-refractivity contribution in [3.8, 4) is 0 Å². The Labute approximate surface area is 194 Å². The van der Waals surface area contributed by atoms with E-state index in [4.69, 9.17) is 0 Å². The van der Waals surface area contributed by atoms with E-state index in [1.165, 1.54) is 17.7 Å². The molecule has 0 spiro atoms. The van der Waals surface area contributed by atoms with Gasteiger partial charge in [-0.1, -0.05) is 49.4 Å². The molecule has 0 unspecified atom stereocenters. The molecule has 0 bridgehead atoms. The Hall–Kier alpha value is -3.73. The first-order valence-electron chi connectivity index (χ1n) is 11.1. The average molecular weight is 441 g/mol. The first-order chi connectivity index (χ1) is 15.6. The molecule has 5 nitrogen and oxygen atoms in total. The van der Waals surface area contributed by atoms with Crippen LogP contribution in [0.2, 0.25) is 0 Å². The summed E-state index contributed by atoms with van der Waals surface area (Å²) in [5.41, 5.74) is 4.50. The molecule has 168 valence electrons. The highest BCUT2D eigenvalue weighted by Gasteiger charge is 2.47. The van der Waals surface area contributed by atoms with Gasteiger partial charge in [0.1, 0.15) is 0 Å². The number of nitro groups is 1. The van der Waals surface area contributed by atoms with Crippen LogP contribution in [0.1, 0.15) is 49.4 Å². The van der Waals surface area contributed by atoms with Crippen LogP contribution in [-0.4, -0.2) is 16.4 Å². The summed E-state index contributed by atoms with van der Waals surface area (Å²) in [5, 5.41) is 10.9. The van der Waals surface area contributed by atoms with E-state index in [-0.39, 0.29) is 17.0 Å². The number of hydrogen-bond acceptors (Lipinski definition) is 3. The van der Waals surface area contributed by atoms with Gasteiger partial charge in [0.2, 0.25) is 0 Å². The molecule has 0 fully saturated rings. The molecule has 4 rings (SSSR count). The minimum atomic E-state index is -0.433. The van der Waals surface area contributed by atoms with Gasteiger partial charge in [0, 0.05) is 34.9 Å². The average Bonchev–Trinajstić information content (AvgIpc) is 2.77. The van der Waals surface area contributed by atoms with E-state index in [0.29, 0.717) is 0 Å². The number of benzene rings is 3. The Morgan fingerprint density at radius 1 is 1.00 bits per heavy atom. The lowest BCUT2D eigenvalue weighted by Crippen LogP contribution is -2.55. The normalized spacial score (nSPS) is 19.3. The van der Waals surface area contributed by atoms with Crippen molar-refractivity contribution in [2.24, 2.45) is 0 Å². The molecule has 3 aromatic rings. The van der Waals surface area contributed by atoms with E-state index in [1.807, 2.05) is 17.9 Å². The highest BCUT2D eigenvalue weighted by molar-refractivity contribution is 6.06. The molecule has 0 saturated carbocycles. The fourth-order valence-corrected chi connectivity index (χ4v) is 5.09. The number of non-ortho nitro benzene ring substituents is 1. The molecule has 1 atom stereocenters. The van der Waals surface area contributed by atoms with Gasteiger partial charge < -0.3 is 4.90 Å². The summed E-state index contributed by atoms with van der Waals surface area (Å²) >= 11 is 0. The van der Waals surface area contributed by atoms with Crippen molar-refractivity contribution in [2.75, 3.05) is 4.90 Å². The molecule has 1 aliphatic rings. The first kappa shape index (κ1) is 22.5. The second kappa shape index (κ2) is 8.32. The van der Waals surface area contributed by atoms with Crippen molar-refractivity contribution in [3.63, 3.8) is 0 Å². The van der Waals surface area contributed by atoms with E-state index in [2.05, 4.69) is 63.2 Å². The Kier molecular flexibility index (Phi) is 5.66. The van der Waals surface area contributed by atoms with E-state index < -0.39 is 10.5 Å². The molecule has 1 amide bonds. The Bertz CT molecular complexity index is 1230. The summed E-state index contributed by atoms with van der Waals surface area (Å²) in [4.78, 5) is 25.9. The van der Waals surface area contributed by atoms with Crippen LogP contribution < -0.4 is 4.90 Å². The largest absolute Gasteiger partial charge is 0.303 e. The number of fused-ring (bicyclic) bond motifs is 1. The second-order valence-corrected chi connectivity index (χ2v) is 9.56. The predicted octanol–water partition coefficient (Wildman–Crippen LogP) is 6.44. The number of anilines is 1. The molecule has 3 aromatic carbocycles. The number of amides is 1. The maximum Gasteiger partial charge on any atom is 0.269 e. The zero-order valence-corrected chi connectivity index (χ0v) is 19.4. The van der Waals surface area contributed by atoms with E-state index >= 15 is 0 Å². The topological polar surface area (TPSA) is 63.5 Å². The van der Waals surface area contributed by atoms with E-state index in [9.17, 15) is 14.9 Å². The monoisotopic (exact) mass is 440 g/mol. The molecule has 0 aromatic heterocycles. The molecule has 0 aliphatic carbocycles. The van der Waals surface area contributed by atoms with Gasteiger partial charge in [-0.3, -0.25) is 14.9 Å². The van der Waals surface area contributed by atoms with Crippen molar-refractivity contribution >= 4 is 23.4 Å². The SMILES string of the molecule is Cc1ccc2c(c1)N(C(=O)/C=C/c1ccc([N+](=O)[O-])cc1)C(C)(C)C[C@]2(C)c1ccccc1. The van der Waals surface area contributed by atoms with Crippen molar-refractivity contribution in [2.45, 2.75) is 45.1 Å². The Morgan fingerprint density at radius 2 is 1.67 bits per heavy atom. The van der Waals surface area contributed by atoms with Crippen LogP contribution in [0, 0.1) is 17.0 Å². The number of aryl methyl sites for hydroxylation is 1. The maximum absolute atomic E-state index is 13.5. The van der Waals surface area contributed by atoms with Crippen molar-refractivity contribution in [3.05, 3.63) is 111 Å². The minimum Gasteiger partial charge on any atom is -0.303 e. The van der Waals surface area contributed by atoms with E-state index in [0.717, 1.165) is 28.8 Å². The third-order valence-corrected chi connectivity index (χ3v) is 6.53. The maximum atomic E-state index is 13.5. The zero-order valence-electron chi connectivity index (χ0n) is 19.4. The van der Waals surface area contributed by atoms with E-state index in [1.54, 1.807) is 24.3 Å². The Morgan fingerprint density at radius 3 is 2.30 bits per heavy atom. The zero-order chi connectivity index (χ0) is 23.8. The molecular weight excluding hydrogens is 412 g/mol. The summed E-state index contributed by atoms with van der Waals surface area (Å²) in [6, 6.07) is 23.0. The van der Waals surface area contributed by atoms with Gasteiger partial charge in [-0.2, -0.15) is 0 Å². The molecule has 0 saturated heterocycles. The summed E-state index contributed by atoms with van der Waals surface area (Å²) in [7, 11) is 0. The highest BCUT2D eigenvalue weighted by Crippen LogP contribution is 2.50. The van der Waals surface area contributed by atoms with Crippen LogP contribution in [0.25, 0.3) is 6.08 Å². The van der Waals surface area contributed by atoms with Crippen LogP contribution in [0.4, 0.5) is 11.4 Å². The molecular formula is C28H28N2O3. The van der Waals surface area contributed by atoms with Crippen LogP contribution in [0.3, 0.4) is 0 Å². The quantitative estimate of drug-likeness (QED) is 0.266. The number of nitrogens with zero attached hydrogens (tertiary/aromatic N) is 2. The number of hydrogen-bond donors (Lipinski definition) is 0. The number of nitro benzene ring substituents is 1. The molecule has 0 radical (unpaired) electrons. The molecule has 1 heterocycles. The van der Waals surface area contributed by atoms with Gasteiger partial charge in [-0.05, 0) is 73.7 Å². The molecule has 0 N–H and O–H groups in total. The smallest absolute Gasteiger partial charge is 0.269 e. The van der Waals surface area contributed by atoms with Gasteiger partial charge in [0.05, 0.1) is 4.92 Å². The predicted molar refractivity (Wildman–Crippen MR) is 132 cm³/mol. The standard InChI is InChI=1S/C28H28N2O3/c1-20-10-16-24-25(18-20)29(26(31)17-13-21-11-14-23(15-12-21)30(32)33)27(2,3)19-28(24,4)22-8-6-5-7-9-22/h5-18H,19H2,1-4H3/b17-13+/t28-/m1/s1. The van der Waals surface area contributed by atoms with Gasteiger partial charge in [0.25, 0.3) is 11.6 Å². The lowest BCUT2D eigenvalue weighted by atomic mass is 9.65. The summed E-state index contributed by atoms with van der Waals surface area (Å²) in [6.45, 7) is 8.51. The number of carbonyl (C=O) groups excluding carboxylic acids is 1. The van der Waals surface area contributed by atoms with Gasteiger partial charge >= 0.3 is 0 Å². The van der Waals surface area contributed by atoms with Gasteiger partial charge in [-0.15, -0.1) is 0 Å². The lowest BCUT2D eigenvalue weighted by Gasteiger charge is -2.51. The third kappa shape index (κ3) is 4.19. The summed E-state index contributed by atoms with van der Waals surface area (Å²) in [5.74, 6) is -0.111. The first-order valence-corrected chi connectivity index (χ1v) is 11.1. The molecule has 33 heavy (non-hydrogen) atoms. The Balaban J connectivity index is 1.74. The van der Waals surface area contributed by atoms with Crippen LogP contribution in [-0.2, 0) is 10.2 Å². The second-order valence-electron chi connectivity index (χ2n) is 9.56. The fraction of sp³-hybridized carbons (Fsp3) is 0.250. The van der Waals surface area contributed by atoms with Gasteiger partial charge in [-0.25, -0.2) is 0 Å². The van der Waals surface area contributed by atoms with Crippen LogP contribution in [0.15, 0.2) is 78.9 Å². The van der Waals surface area contributed by atoms with Crippen LogP contribution in [0.5, 0.6) is 0 Å². The third-order valence-electron chi connectivity index (χ3n) is 6.53. The minimum absolute atomic E-state index is 0.0280. The summed E-state index contributed by atoms with van der Waals surface area (Å²) in [6.07, 6.45) is 4.04. The number of carbonyl (C=O) groups is 1.